The molecule has 0 aromatic carbocycles. The Hall–Kier alpha value is -1.18. The molecule has 114 valence electrons. The summed E-state index contributed by atoms with van der Waals surface area (Å²) >= 11 is 0. The van der Waals surface area contributed by atoms with Crippen LogP contribution in [0.3, 0.4) is 0 Å². The van der Waals surface area contributed by atoms with E-state index < -0.39 is 18.0 Å². The molecule has 0 fully saturated rings. The molecule has 0 aliphatic carbocycles. The van der Waals surface area contributed by atoms with Crippen LogP contribution >= 0.6 is 0 Å². The molecular formula is C12H26N2O5. The maximum atomic E-state index is 10.0. The number of carbonyl (C=O) groups excluding carboxylic acids is 2. The second kappa shape index (κ2) is 8.08. The lowest BCUT2D eigenvalue weighted by Gasteiger charge is -2.26. The Morgan fingerprint density at radius 2 is 1.37 bits per heavy atom. The van der Waals surface area contributed by atoms with E-state index in [9.17, 15) is 19.8 Å². The van der Waals surface area contributed by atoms with Gasteiger partial charge < -0.3 is 33.9 Å². The first-order valence-corrected chi connectivity index (χ1v) is 5.91. The van der Waals surface area contributed by atoms with Crippen molar-refractivity contribution in [2.75, 3.05) is 55.4 Å². The molecule has 0 spiro atoms. The summed E-state index contributed by atoms with van der Waals surface area (Å²) in [6.07, 6.45) is -1.09. The third kappa shape index (κ3) is 22.5. The number of aliphatic carboxylic acids is 2. The minimum absolute atomic E-state index is 0.0694. The van der Waals surface area contributed by atoms with E-state index in [4.69, 9.17) is 5.11 Å². The lowest BCUT2D eigenvalue weighted by Crippen LogP contribution is -2.45. The number of carboxylic acids is 2. The van der Waals surface area contributed by atoms with Gasteiger partial charge in [-0.15, -0.1) is 0 Å². The molecule has 0 unspecified atom stereocenters. The second-order valence-corrected chi connectivity index (χ2v) is 6.52. The van der Waals surface area contributed by atoms with Gasteiger partial charge in [-0.1, -0.05) is 0 Å². The Labute approximate surface area is 114 Å². The number of rotatable bonds is 6. The number of hydrogen-bond acceptors (Lipinski definition) is 5. The molecule has 0 aromatic heterocycles. The van der Waals surface area contributed by atoms with Crippen molar-refractivity contribution in [3.63, 3.8) is 0 Å². The zero-order valence-electron chi connectivity index (χ0n) is 12.7. The number of nitrogens with zero attached hydrogens (tertiary/aromatic N) is 2. The number of carboxylic acid groups (broad SMARTS) is 2. The van der Waals surface area contributed by atoms with Crippen molar-refractivity contribution < 1.29 is 33.9 Å². The third-order valence-corrected chi connectivity index (χ3v) is 1.76. The molecule has 1 atom stereocenters. The fourth-order valence-corrected chi connectivity index (χ4v) is 1.28. The molecule has 0 amide bonds. The number of aliphatic hydroxyl groups excluding tert-OH is 1. The summed E-state index contributed by atoms with van der Waals surface area (Å²) in [7, 11) is 11.1. The van der Waals surface area contributed by atoms with Crippen LogP contribution in [0.2, 0.25) is 0 Å². The number of quaternary nitrogens is 2. The van der Waals surface area contributed by atoms with Gasteiger partial charge in [0.1, 0.15) is 19.2 Å². The van der Waals surface area contributed by atoms with Gasteiger partial charge >= 0.3 is 0 Å². The Bertz CT molecular complexity index is 291. The molecule has 1 N–H and O–H groups in total. The van der Waals surface area contributed by atoms with Crippen molar-refractivity contribution in [1.82, 2.24) is 0 Å². The fourth-order valence-electron chi connectivity index (χ4n) is 1.28. The first kappa shape index (κ1) is 20.1. The third-order valence-electron chi connectivity index (χ3n) is 1.76. The van der Waals surface area contributed by atoms with Gasteiger partial charge in [-0.05, 0) is 0 Å². The molecule has 7 nitrogen and oxygen atoms in total. The highest BCUT2D eigenvalue weighted by molar-refractivity contribution is 5.65. The summed E-state index contributed by atoms with van der Waals surface area (Å²) in [5.41, 5.74) is 0. The van der Waals surface area contributed by atoms with Gasteiger partial charge in [-0.2, -0.15) is 0 Å². The first-order chi connectivity index (χ1) is 8.23. The van der Waals surface area contributed by atoms with E-state index in [1.54, 1.807) is 21.1 Å². The van der Waals surface area contributed by atoms with Crippen molar-refractivity contribution in [2.24, 2.45) is 0 Å². The van der Waals surface area contributed by atoms with Crippen LogP contribution in [0.25, 0.3) is 0 Å². The maximum Gasteiger partial charge on any atom is 0.118 e. The van der Waals surface area contributed by atoms with E-state index in [0.29, 0.717) is 15.5 Å². The molecular weight excluding hydrogens is 252 g/mol. The van der Waals surface area contributed by atoms with Crippen molar-refractivity contribution in [3.8, 4) is 0 Å². The standard InChI is InChI=1S/C7H15NO3.C5H11NO2/c1-8(2,3)5-6(9)4-7(10)11;1-6(2,3)4-5(7)8/h6,9H,4-5H2,1-3H3;4H2,1-3H3/t6-;/m1./s1. The molecule has 0 aliphatic rings. The second-order valence-electron chi connectivity index (χ2n) is 6.52. The average Bonchev–Trinajstić information content (AvgIpc) is 1.91. The van der Waals surface area contributed by atoms with E-state index in [1.807, 2.05) is 21.1 Å². The highest BCUT2D eigenvalue weighted by Gasteiger charge is 2.14. The van der Waals surface area contributed by atoms with Crippen molar-refractivity contribution in [2.45, 2.75) is 12.5 Å². The van der Waals surface area contributed by atoms with Crippen molar-refractivity contribution in [3.05, 3.63) is 0 Å². The summed E-state index contributed by atoms with van der Waals surface area (Å²) in [5, 5.41) is 29.0. The fraction of sp³-hybridized carbons (Fsp3) is 0.833. The lowest BCUT2D eigenvalue weighted by atomic mass is 10.2. The van der Waals surface area contributed by atoms with Crippen LogP contribution in [0, 0.1) is 0 Å². The number of carbonyl (C=O) groups is 2. The smallest absolute Gasteiger partial charge is 0.118 e. The topological polar surface area (TPSA) is 100 Å². The lowest BCUT2D eigenvalue weighted by molar-refractivity contribution is -0.873. The van der Waals surface area contributed by atoms with E-state index in [0.717, 1.165) is 0 Å². The van der Waals surface area contributed by atoms with Crippen LogP contribution in [0.1, 0.15) is 6.42 Å². The van der Waals surface area contributed by atoms with E-state index >= 15 is 0 Å². The monoisotopic (exact) mass is 278 g/mol. The molecule has 0 aliphatic heterocycles. The average molecular weight is 278 g/mol. The van der Waals surface area contributed by atoms with Gasteiger partial charge in [-0.3, -0.25) is 0 Å². The van der Waals surface area contributed by atoms with Crippen LogP contribution in [0.5, 0.6) is 0 Å². The van der Waals surface area contributed by atoms with E-state index in [-0.39, 0.29) is 13.0 Å². The van der Waals surface area contributed by atoms with E-state index in [2.05, 4.69) is 0 Å². The van der Waals surface area contributed by atoms with Gasteiger partial charge in [0.15, 0.2) is 0 Å². The van der Waals surface area contributed by atoms with E-state index in [1.165, 1.54) is 0 Å². The van der Waals surface area contributed by atoms with Gasteiger partial charge in [0.05, 0.1) is 48.3 Å². The van der Waals surface area contributed by atoms with Gasteiger partial charge in [0, 0.05) is 12.4 Å². The van der Waals surface area contributed by atoms with Crippen LogP contribution < -0.4 is 10.2 Å². The Morgan fingerprint density at radius 3 is 1.53 bits per heavy atom. The SMILES string of the molecule is C[N+](C)(C)CC(=O)[O-].C[N+](C)(C)C[C@H](O)CC(=O)[O-]. The molecule has 0 bridgehead atoms. The van der Waals surface area contributed by atoms with Crippen molar-refractivity contribution in [1.29, 1.82) is 0 Å². The molecule has 0 saturated carbocycles. The highest BCUT2D eigenvalue weighted by atomic mass is 16.4. The van der Waals surface area contributed by atoms with Crippen LogP contribution in [0.15, 0.2) is 0 Å². The highest BCUT2D eigenvalue weighted by Crippen LogP contribution is 1.97. The molecule has 0 rings (SSSR count). The minimum Gasteiger partial charge on any atom is -0.550 e. The molecule has 7 heteroatoms. The molecule has 0 radical (unpaired) electrons. The number of aliphatic hydroxyl groups is 1. The summed E-state index contributed by atoms with van der Waals surface area (Å²) < 4.78 is 0.969. The molecule has 0 aromatic rings. The predicted molar refractivity (Wildman–Crippen MR) is 66.4 cm³/mol. The quantitative estimate of drug-likeness (QED) is 0.511. The van der Waals surface area contributed by atoms with Crippen LogP contribution in [-0.2, 0) is 9.59 Å². The first-order valence-electron chi connectivity index (χ1n) is 5.91. The summed E-state index contributed by atoms with van der Waals surface area (Å²) in [6.45, 7) is 0.494. The summed E-state index contributed by atoms with van der Waals surface area (Å²) in [5.74, 6) is -2.21. The largest absolute Gasteiger partial charge is 0.550 e. The van der Waals surface area contributed by atoms with Gasteiger partial charge in [0.2, 0.25) is 0 Å². The summed E-state index contributed by atoms with van der Waals surface area (Å²) in [6, 6.07) is 0. The molecule has 0 heterocycles. The van der Waals surface area contributed by atoms with Gasteiger partial charge in [0.25, 0.3) is 0 Å². The Kier molecular flexibility index (Phi) is 8.57. The Morgan fingerprint density at radius 1 is 0.947 bits per heavy atom. The maximum absolute atomic E-state index is 10.0. The van der Waals surface area contributed by atoms with Crippen molar-refractivity contribution >= 4 is 11.9 Å². The zero-order valence-corrected chi connectivity index (χ0v) is 12.7. The van der Waals surface area contributed by atoms with Gasteiger partial charge in [-0.25, -0.2) is 0 Å². The minimum atomic E-state index is -1.20. The molecule has 0 saturated heterocycles. The van der Waals surface area contributed by atoms with Crippen LogP contribution in [0.4, 0.5) is 0 Å². The normalized spacial score (nSPS) is 13.2. The number of likely N-dealkylation sites (N-methyl/N-ethyl adjacent to an activating group) is 2. The zero-order chi connectivity index (χ0) is 15.9. The molecule has 19 heavy (non-hydrogen) atoms. The van der Waals surface area contributed by atoms with Crippen LogP contribution in [-0.4, -0.2) is 87.5 Å². The Balaban J connectivity index is 0. The summed E-state index contributed by atoms with van der Waals surface area (Å²) in [4.78, 5) is 19.9. The number of hydrogen-bond donors (Lipinski definition) is 1. The predicted octanol–water partition coefficient (Wildman–Crippen LogP) is -3.36.